The van der Waals surface area contributed by atoms with Gasteiger partial charge in [-0.3, -0.25) is 14.4 Å². The molecule has 220 valence electrons. The van der Waals surface area contributed by atoms with Gasteiger partial charge in [-0.05, 0) is 71.7 Å². The van der Waals surface area contributed by atoms with Gasteiger partial charge in [-0.25, -0.2) is 0 Å². The van der Waals surface area contributed by atoms with Crippen LogP contribution in [0, 0.1) is 5.92 Å². The van der Waals surface area contributed by atoms with Crippen molar-refractivity contribution in [3.8, 4) is 11.5 Å². The van der Waals surface area contributed by atoms with Crippen LogP contribution < -0.4 is 14.8 Å². The van der Waals surface area contributed by atoms with Crippen molar-refractivity contribution in [1.82, 2.24) is 4.90 Å². The zero-order valence-electron chi connectivity index (χ0n) is 24.5. The number of carbonyl (C=O) groups excluding carboxylic acids is 3. The first kappa shape index (κ1) is 27.7. The summed E-state index contributed by atoms with van der Waals surface area (Å²) >= 11 is 0. The highest BCUT2D eigenvalue weighted by Gasteiger charge is 2.70. The van der Waals surface area contributed by atoms with E-state index in [2.05, 4.69) is 5.32 Å². The molecule has 1 amide bonds. The van der Waals surface area contributed by atoms with Crippen LogP contribution in [-0.2, 0) is 10.2 Å². The zero-order chi connectivity index (χ0) is 30.4. The van der Waals surface area contributed by atoms with Crippen LogP contribution in [0.5, 0.6) is 11.5 Å². The van der Waals surface area contributed by atoms with Crippen molar-refractivity contribution in [3.05, 3.63) is 131 Å². The molecule has 1 N–H and O–H groups in total. The topological polar surface area (TPSA) is 84.9 Å². The van der Waals surface area contributed by atoms with Gasteiger partial charge < -0.3 is 19.7 Å². The lowest BCUT2D eigenvalue weighted by atomic mass is 9.62. The van der Waals surface area contributed by atoms with Gasteiger partial charge in [0.1, 0.15) is 23.0 Å². The number of benzene rings is 4. The van der Waals surface area contributed by atoms with Gasteiger partial charge in [0.05, 0.1) is 31.2 Å². The molecule has 0 aromatic heterocycles. The number of nitrogens with zero attached hydrogens (tertiary/aromatic N) is 1. The number of carbonyl (C=O) groups is 3. The highest BCUT2D eigenvalue weighted by atomic mass is 16.5. The maximum Gasteiger partial charge on any atom is 0.238 e. The smallest absolute Gasteiger partial charge is 0.238 e. The Bertz CT molecular complexity index is 1810. The Morgan fingerprint density at radius 3 is 2.41 bits per heavy atom. The van der Waals surface area contributed by atoms with Crippen molar-refractivity contribution in [2.45, 2.75) is 30.8 Å². The second-order valence-corrected chi connectivity index (χ2v) is 11.4. The predicted molar refractivity (Wildman–Crippen MR) is 168 cm³/mol. The molecular formula is C37H32N2O5. The fraction of sp³-hybridized carbons (Fsp3) is 0.216. The number of fused-ring (bicyclic) bond motifs is 6. The molecule has 3 aliphatic rings. The molecule has 1 spiro atoms. The summed E-state index contributed by atoms with van der Waals surface area (Å²) in [6.45, 7) is 2.45. The number of rotatable bonds is 8. The number of hydrogen-bond acceptors (Lipinski definition) is 6. The van der Waals surface area contributed by atoms with Gasteiger partial charge in [0, 0.05) is 17.5 Å². The van der Waals surface area contributed by atoms with E-state index in [1.807, 2.05) is 78.7 Å². The summed E-state index contributed by atoms with van der Waals surface area (Å²) in [5.74, 6) is -0.846. The summed E-state index contributed by atoms with van der Waals surface area (Å²) in [6, 6.07) is 27.8. The SMILES string of the molecule is CCCOc1ccccc1C(=O)[C@@H]1[C@H](C(=O)c2ccc(OC)cc2)[C@@]2(C(=O)Nc3ccccc32)[C@H]2c3ccccc3C=CN12. The average molecular weight is 585 g/mol. The number of anilines is 1. The number of methoxy groups -OCH3 is 1. The Morgan fingerprint density at radius 1 is 0.886 bits per heavy atom. The molecule has 4 atom stereocenters. The van der Waals surface area contributed by atoms with E-state index in [0.29, 0.717) is 40.5 Å². The van der Waals surface area contributed by atoms with Crippen LogP contribution in [0.25, 0.3) is 6.08 Å². The van der Waals surface area contributed by atoms with Crippen molar-refractivity contribution in [3.63, 3.8) is 0 Å². The van der Waals surface area contributed by atoms with Gasteiger partial charge in [0.15, 0.2) is 11.6 Å². The summed E-state index contributed by atoms with van der Waals surface area (Å²) in [6.07, 6.45) is 4.61. The third-order valence-electron chi connectivity index (χ3n) is 9.11. The van der Waals surface area contributed by atoms with Crippen LogP contribution in [0.15, 0.2) is 103 Å². The van der Waals surface area contributed by atoms with E-state index in [-0.39, 0.29) is 17.5 Å². The van der Waals surface area contributed by atoms with Crippen LogP contribution in [-0.4, -0.2) is 42.1 Å². The maximum absolute atomic E-state index is 15.0. The fourth-order valence-electron chi connectivity index (χ4n) is 7.27. The van der Waals surface area contributed by atoms with Crippen molar-refractivity contribution in [2.24, 2.45) is 5.92 Å². The van der Waals surface area contributed by atoms with Crippen molar-refractivity contribution >= 4 is 29.2 Å². The molecule has 0 bridgehead atoms. The van der Waals surface area contributed by atoms with E-state index >= 15 is 0 Å². The molecule has 4 aromatic carbocycles. The number of para-hydroxylation sites is 2. The number of nitrogens with one attached hydrogen (secondary N) is 1. The Hall–Kier alpha value is -5.17. The third kappa shape index (κ3) is 3.99. The Kier molecular flexibility index (Phi) is 6.81. The number of amides is 1. The number of ketones is 2. The average Bonchev–Trinajstić information content (AvgIpc) is 3.55. The largest absolute Gasteiger partial charge is 0.497 e. The van der Waals surface area contributed by atoms with Crippen molar-refractivity contribution < 1.29 is 23.9 Å². The zero-order valence-corrected chi connectivity index (χ0v) is 24.5. The fourth-order valence-corrected chi connectivity index (χ4v) is 7.27. The van der Waals surface area contributed by atoms with Gasteiger partial charge in [-0.2, -0.15) is 0 Å². The Labute approximate surface area is 256 Å². The molecule has 1 saturated heterocycles. The van der Waals surface area contributed by atoms with Gasteiger partial charge in [0.25, 0.3) is 0 Å². The molecule has 0 radical (unpaired) electrons. The molecular weight excluding hydrogens is 552 g/mol. The van der Waals surface area contributed by atoms with Gasteiger partial charge in [0.2, 0.25) is 5.91 Å². The van der Waals surface area contributed by atoms with E-state index in [0.717, 1.165) is 17.5 Å². The Balaban J connectivity index is 1.50. The molecule has 7 rings (SSSR count). The van der Waals surface area contributed by atoms with Crippen LogP contribution in [0.3, 0.4) is 0 Å². The molecule has 7 heteroatoms. The minimum Gasteiger partial charge on any atom is -0.497 e. The first-order valence-corrected chi connectivity index (χ1v) is 14.9. The first-order chi connectivity index (χ1) is 21.5. The summed E-state index contributed by atoms with van der Waals surface area (Å²) in [5.41, 5.74) is 2.58. The standard InChI is InChI=1S/C37H32N2O5/c1-3-22-44-30-15-9-6-12-27(30)34(41)32-31(33(40)24-16-18-25(43-2)19-17-24)37(28-13-7-8-14-29(28)38-36(37)42)35-26-11-5-4-10-23(26)20-21-39(32)35/h4-21,31-32,35H,3,22H2,1-2H3,(H,38,42)/t31-,32+,35-,37-/m1/s1. The monoisotopic (exact) mass is 584 g/mol. The summed E-state index contributed by atoms with van der Waals surface area (Å²) in [5, 5.41) is 3.09. The van der Waals surface area contributed by atoms with Gasteiger partial charge >= 0.3 is 0 Å². The van der Waals surface area contributed by atoms with E-state index in [9.17, 15) is 14.4 Å². The second kappa shape index (κ2) is 10.8. The molecule has 0 saturated carbocycles. The third-order valence-corrected chi connectivity index (χ3v) is 9.11. The normalized spacial score (nSPS) is 22.6. The van der Waals surface area contributed by atoms with E-state index in [1.165, 1.54) is 0 Å². The lowest BCUT2D eigenvalue weighted by Gasteiger charge is -2.38. The molecule has 0 aliphatic carbocycles. The van der Waals surface area contributed by atoms with E-state index < -0.39 is 23.4 Å². The molecule has 1 fully saturated rings. The van der Waals surface area contributed by atoms with Crippen LogP contribution >= 0.6 is 0 Å². The quantitative estimate of drug-likeness (QED) is 0.239. The number of ether oxygens (including phenoxy) is 2. The van der Waals surface area contributed by atoms with E-state index in [1.54, 1.807) is 49.6 Å². The molecule has 44 heavy (non-hydrogen) atoms. The van der Waals surface area contributed by atoms with Crippen LogP contribution in [0.4, 0.5) is 5.69 Å². The summed E-state index contributed by atoms with van der Waals surface area (Å²) in [4.78, 5) is 46.5. The van der Waals surface area contributed by atoms with Gasteiger partial charge in [-0.15, -0.1) is 0 Å². The van der Waals surface area contributed by atoms with Crippen molar-refractivity contribution in [1.29, 1.82) is 0 Å². The molecule has 7 nitrogen and oxygen atoms in total. The van der Waals surface area contributed by atoms with Gasteiger partial charge in [-0.1, -0.05) is 61.5 Å². The highest BCUT2D eigenvalue weighted by molar-refractivity contribution is 6.17. The lowest BCUT2D eigenvalue weighted by molar-refractivity contribution is -0.122. The van der Waals surface area contributed by atoms with Crippen molar-refractivity contribution in [2.75, 3.05) is 19.0 Å². The highest BCUT2D eigenvalue weighted by Crippen LogP contribution is 2.62. The maximum atomic E-state index is 15.0. The van der Waals surface area contributed by atoms with E-state index in [4.69, 9.17) is 9.47 Å². The molecule has 4 aromatic rings. The molecule has 3 heterocycles. The number of Topliss-reactive ketones (excluding diaryl/α,β-unsaturated/α-hetero) is 2. The van der Waals surface area contributed by atoms with Crippen LogP contribution in [0.2, 0.25) is 0 Å². The number of hydrogen-bond donors (Lipinski definition) is 1. The predicted octanol–water partition coefficient (Wildman–Crippen LogP) is 6.47. The summed E-state index contributed by atoms with van der Waals surface area (Å²) in [7, 11) is 1.57. The Morgan fingerprint density at radius 2 is 1.61 bits per heavy atom. The molecule has 3 aliphatic heterocycles. The second-order valence-electron chi connectivity index (χ2n) is 11.4. The minimum atomic E-state index is -1.39. The summed E-state index contributed by atoms with van der Waals surface area (Å²) < 4.78 is 11.4. The molecule has 0 unspecified atom stereocenters. The lowest BCUT2D eigenvalue weighted by Crippen LogP contribution is -2.49. The minimum absolute atomic E-state index is 0.272. The van der Waals surface area contributed by atoms with Crippen LogP contribution in [0.1, 0.15) is 56.8 Å². The first-order valence-electron chi connectivity index (χ1n) is 14.9.